The summed E-state index contributed by atoms with van der Waals surface area (Å²) < 4.78 is 5.37. The van der Waals surface area contributed by atoms with E-state index in [0.29, 0.717) is 13.1 Å². The first-order valence-corrected chi connectivity index (χ1v) is 5.88. The topological polar surface area (TPSA) is 64.3 Å². The van der Waals surface area contributed by atoms with Gasteiger partial charge in [-0.3, -0.25) is 4.79 Å². The van der Waals surface area contributed by atoms with E-state index in [-0.39, 0.29) is 12.5 Å². The zero-order valence-corrected chi connectivity index (χ0v) is 10.2. The Labute approximate surface area is 102 Å². The van der Waals surface area contributed by atoms with Gasteiger partial charge >= 0.3 is 0 Å². The molecule has 3 N–H and O–H groups in total. The van der Waals surface area contributed by atoms with E-state index in [0.717, 1.165) is 24.2 Å². The number of nitrogens with one attached hydrogen (secondary N) is 1. The van der Waals surface area contributed by atoms with Gasteiger partial charge in [-0.2, -0.15) is 0 Å². The van der Waals surface area contributed by atoms with Crippen LogP contribution in [-0.4, -0.2) is 25.6 Å². The highest BCUT2D eigenvalue weighted by molar-refractivity contribution is 5.77. The van der Waals surface area contributed by atoms with Crippen LogP contribution in [0.25, 0.3) is 0 Å². The number of aryl methyl sites for hydroxylation is 1. The summed E-state index contributed by atoms with van der Waals surface area (Å²) in [7, 11) is 0. The molecule has 0 aliphatic heterocycles. The summed E-state index contributed by atoms with van der Waals surface area (Å²) in [6, 6.07) is 7.64. The molecule has 0 unspecified atom stereocenters. The first-order valence-electron chi connectivity index (χ1n) is 5.88. The fourth-order valence-corrected chi connectivity index (χ4v) is 1.40. The van der Waals surface area contributed by atoms with E-state index in [1.165, 1.54) is 0 Å². The van der Waals surface area contributed by atoms with Crippen LogP contribution < -0.4 is 15.8 Å². The van der Waals surface area contributed by atoms with Gasteiger partial charge in [-0.15, -0.1) is 0 Å². The van der Waals surface area contributed by atoms with Crippen molar-refractivity contribution in [3.63, 3.8) is 0 Å². The van der Waals surface area contributed by atoms with Crippen molar-refractivity contribution < 1.29 is 9.53 Å². The van der Waals surface area contributed by atoms with Crippen LogP contribution in [0.2, 0.25) is 0 Å². The average Bonchev–Trinajstić information content (AvgIpc) is 2.32. The molecule has 1 aromatic carbocycles. The smallest absolute Gasteiger partial charge is 0.257 e. The number of benzene rings is 1. The van der Waals surface area contributed by atoms with Gasteiger partial charge in [0.15, 0.2) is 6.61 Å². The molecule has 0 aliphatic carbocycles. The van der Waals surface area contributed by atoms with E-state index in [2.05, 4.69) is 5.32 Å². The third kappa shape index (κ3) is 5.92. The van der Waals surface area contributed by atoms with Crippen molar-refractivity contribution in [1.29, 1.82) is 0 Å². The van der Waals surface area contributed by atoms with Gasteiger partial charge in [0, 0.05) is 6.54 Å². The van der Waals surface area contributed by atoms with E-state index in [1.807, 2.05) is 31.2 Å². The van der Waals surface area contributed by atoms with Gasteiger partial charge in [0.2, 0.25) is 0 Å². The van der Waals surface area contributed by atoms with Crippen molar-refractivity contribution in [3.8, 4) is 5.75 Å². The monoisotopic (exact) mass is 236 g/mol. The Hall–Kier alpha value is -1.55. The number of carbonyl (C=O) groups is 1. The maximum atomic E-state index is 11.4. The van der Waals surface area contributed by atoms with Crippen molar-refractivity contribution in [2.24, 2.45) is 5.73 Å². The molecular formula is C13H20N2O2. The minimum absolute atomic E-state index is 0.0616. The lowest BCUT2D eigenvalue weighted by molar-refractivity contribution is -0.123. The van der Waals surface area contributed by atoms with Crippen LogP contribution in [0.5, 0.6) is 5.75 Å². The zero-order chi connectivity index (χ0) is 12.5. The molecule has 0 bridgehead atoms. The Morgan fingerprint density at radius 1 is 1.41 bits per heavy atom. The highest BCUT2D eigenvalue weighted by Crippen LogP contribution is 2.11. The molecule has 17 heavy (non-hydrogen) atoms. The molecule has 0 saturated carbocycles. The Kier molecular flexibility index (Phi) is 6.10. The van der Waals surface area contributed by atoms with Crippen LogP contribution in [0.3, 0.4) is 0 Å². The van der Waals surface area contributed by atoms with Crippen LogP contribution in [-0.2, 0) is 4.79 Å². The third-order valence-corrected chi connectivity index (χ3v) is 2.31. The standard InChI is InChI=1S/C13H20N2O2/c1-11-5-4-6-12(9-11)17-10-13(16)15-8-3-2-7-14/h4-6,9H,2-3,7-8,10,14H2,1H3,(H,15,16). The van der Waals surface area contributed by atoms with E-state index < -0.39 is 0 Å². The molecular weight excluding hydrogens is 216 g/mol. The fraction of sp³-hybridized carbons (Fsp3) is 0.462. The van der Waals surface area contributed by atoms with E-state index >= 15 is 0 Å². The number of nitrogens with two attached hydrogens (primary N) is 1. The van der Waals surface area contributed by atoms with Gasteiger partial charge in [0.05, 0.1) is 0 Å². The number of carbonyl (C=O) groups excluding carboxylic acids is 1. The maximum absolute atomic E-state index is 11.4. The zero-order valence-electron chi connectivity index (χ0n) is 10.2. The molecule has 94 valence electrons. The molecule has 1 amide bonds. The lowest BCUT2D eigenvalue weighted by Crippen LogP contribution is -2.29. The molecule has 1 aromatic rings. The number of amides is 1. The Morgan fingerprint density at radius 2 is 2.24 bits per heavy atom. The second kappa shape index (κ2) is 7.68. The number of hydrogen-bond donors (Lipinski definition) is 2. The van der Waals surface area contributed by atoms with Crippen molar-refractivity contribution in [2.75, 3.05) is 19.7 Å². The lowest BCUT2D eigenvalue weighted by atomic mass is 10.2. The summed E-state index contributed by atoms with van der Waals surface area (Å²) in [5, 5.41) is 2.78. The first kappa shape index (κ1) is 13.5. The third-order valence-electron chi connectivity index (χ3n) is 2.31. The Balaban J connectivity index is 2.19. The highest BCUT2D eigenvalue weighted by Gasteiger charge is 2.01. The molecule has 0 heterocycles. The Bertz CT molecular complexity index is 353. The number of rotatable bonds is 7. The van der Waals surface area contributed by atoms with E-state index in [4.69, 9.17) is 10.5 Å². The van der Waals surface area contributed by atoms with Gasteiger partial charge in [-0.1, -0.05) is 12.1 Å². The summed E-state index contributed by atoms with van der Waals surface area (Å²) >= 11 is 0. The first-order chi connectivity index (χ1) is 8.22. The minimum Gasteiger partial charge on any atom is -0.484 e. The summed E-state index contributed by atoms with van der Waals surface area (Å²) in [4.78, 5) is 11.4. The fourth-order valence-electron chi connectivity index (χ4n) is 1.40. The summed E-state index contributed by atoms with van der Waals surface area (Å²) in [5.41, 5.74) is 6.47. The predicted octanol–water partition coefficient (Wildman–Crippen LogP) is 1.23. The minimum atomic E-state index is -0.0940. The summed E-state index contributed by atoms with van der Waals surface area (Å²) in [5.74, 6) is 0.630. The van der Waals surface area contributed by atoms with Crippen LogP contribution in [0.1, 0.15) is 18.4 Å². The second-order valence-corrected chi connectivity index (χ2v) is 3.95. The molecule has 0 aromatic heterocycles. The average molecular weight is 236 g/mol. The Morgan fingerprint density at radius 3 is 2.94 bits per heavy atom. The van der Waals surface area contributed by atoms with Crippen LogP contribution in [0.15, 0.2) is 24.3 Å². The molecule has 0 saturated heterocycles. The normalized spacial score (nSPS) is 10.0. The van der Waals surface area contributed by atoms with Crippen LogP contribution >= 0.6 is 0 Å². The second-order valence-electron chi connectivity index (χ2n) is 3.95. The molecule has 0 atom stereocenters. The largest absolute Gasteiger partial charge is 0.484 e. The summed E-state index contributed by atoms with van der Waals surface area (Å²) in [6.45, 7) is 3.37. The van der Waals surface area contributed by atoms with E-state index in [9.17, 15) is 4.79 Å². The maximum Gasteiger partial charge on any atom is 0.257 e. The number of hydrogen-bond acceptors (Lipinski definition) is 3. The van der Waals surface area contributed by atoms with Crippen LogP contribution in [0, 0.1) is 6.92 Å². The van der Waals surface area contributed by atoms with Gasteiger partial charge in [-0.05, 0) is 44.0 Å². The number of ether oxygens (including phenoxy) is 1. The van der Waals surface area contributed by atoms with Gasteiger partial charge in [0.25, 0.3) is 5.91 Å². The van der Waals surface area contributed by atoms with Crippen molar-refractivity contribution in [3.05, 3.63) is 29.8 Å². The SMILES string of the molecule is Cc1cccc(OCC(=O)NCCCCN)c1. The highest BCUT2D eigenvalue weighted by atomic mass is 16.5. The van der Waals surface area contributed by atoms with Crippen molar-refractivity contribution in [2.45, 2.75) is 19.8 Å². The van der Waals surface area contributed by atoms with Gasteiger partial charge < -0.3 is 15.8 Å². The number of unbranched alkanes of at least 4 members (excludes halogenated alkanes) is 1. The molecule has 0 spiro atoms. The lowest BCUT2D eigenvalue weighted by Gasteiger charge is -2.07. The predicted molar refractivity (Wildman–Crippen MR) is 68.0 cm³/mol. The molecule has 0 aliphatic rings. The van der Waals surface area contributed by atoms with Crippen molar-refractivity contribution in [1.82, 2.24) is 5.32 Å². The summed E-state index contributed by atoms with van der Waals surface area (Å²) in [6.07, 6.45) is 1.84. The molecule has 0 fully saturated rings. The van der Waals surface area contributed by atoms with Gasteiger partial charge in [0.1, 0.15) is 5.75 Å². The molecule has 0 radical (unpaired) electrons. The molecule has 1 rings (SSSR count). The van der Waals surface area contributed by atoms with Gasteiger partial charge in [-0.25, -0.2) is 0 Å². The van der Waals surface area contributed by atoms with Crippen LogP contribution in [0.4, 0.5) is 0 Å². The van der Waals surface area contributed by atoms with E-state index in [1.54, 1.807) is 0 Å². The van der Waals surface area contributed by atoms with Crippen molar-refractivity contribution >= 4 is 5.91 Å². The molecule has 4 heteroatoms. The quantitative estimate of drug-likeness (QED) is 0.700. The molecule has 4 nitrogen and oxygen atoms in total.